The average molecular weight is 243 g/mol. The molecule has 2 N–H and O–H groups in total. The van der Waals surface area contributed by atoms with Crippen molar-refractivity contribution >= 4 is 22.8 Å². The number of fused-ring (bicyclic) bond motifs is 3. The van der Waals surface area contributed by atoms with Crippen molar-refractivity contribution in [2.24, 2.45) is 0 Å². The highest BCUT2D eigenvalue weighted by molar-refractivity contribution is 5.81. The molecule has 2 aromatic heterocycles. The number of carbonyl (C=O) groups is 1. The number of rotatable bonds is 2. The summed E-state index contributed by atoms with van der Waals surface area (Å²) < 4.78 is 1.90. The number of aryl methyl sites for hydroxylation is 2. The molecule has 0 atom stereocenters. The zero-order valence-electron chi connectivity index (χ0n) is 10.2. The van der Waals surface area contributed by atoms with Gasteiger partial charge < -0.3 is 10.1 Å². The van der Waals surface area contributed by atoms with Gasteiger partial charge in [-0.25, -0.2) is 4.98 Å². The van der Waals surface area contributed by atoms with E-state index in [-0.39, 0.29) is 6.42 Å². The molecule has 3 aromatic rings. The first-order valence-electron chi connectivity index (χ1n) is 5.73. The van der Waals surface area contributed by atoms with Crippen molar-refractivity contribution in [3.8, 4) is 0 Å². The van der Waals surface area contributed by atoms with Crippen LogP contribution in [0.5, 0.6) is 0 Å². The number of H-pyrrole nitrogens is 1. The van der Waals surface area contributed by atoms with Crippen molar-refractivity contribution in [2.75, 3.05) is 0 Å². The first-order chi connectivity index (χ1) is 8.54. The molecule has 0 spiro atoms. The van der Waals surface area contributed by atoms with E-state index in [1.165, 1.54) is 11.1 Å². The summed E-state index contributed by atoms with van der Waals surface area (Å²) in [5.74, 6) is -0.165. The van der Waals surface area contributed by atoms with Gasteiger partial charge in [-0.3, -0.25) is 9.20 Å². The van der Waals surface area contributed by atoms with E-state index < -0.39 is 5.97 Å². The number of imidazole rings is 2. The van der Waals surface area contributed by atoms with Crippen LogP contribution in [-0.2, 0) is 11.2 Å². The SMILES string of the molecule is Cc1cc2nc3[nH]c(CC(=O)O)cn3c2cc1C. The summed E-state index contributed by atoms with van der Waals surface area (Å²) in [5, 5.41) is 8.77. The summed E-state index contributed by atoms with van der Waals surface area (Å²) in [6.07, 6.45) is 1.78. The lowest BCUT2D eigenvalue weighted by Crippen LogP contribution is -1.99. The van der Waals surface area contributed by atoms with Crippen molar-refractivity contribution in [1.29, 1.82) is 0 Å². The molecule has 0 saturated carbocycles. The van der Waals surface area contributed by atoms with Gasteiger partial charge in [0, 0.05) is 11.9 Å². The Bertz CT molecular complexity index is 767. The Labute approximate surface area is 103 Å². The molecule has 0 amide bonds. The summed E-state index contributed by atoms with van der Waals surface area (Å²) in [5.41, 5.74) is 4.98. The number of aromatic amines is 1. The van der Waals surface area contributed by atoms with E-state index in [9.17, 15) is 4.79 Å². The quantitative estimate of drug-likeness (QED) is 0.723. The molecule has 0 aliphatic heterocycles. The highest BCUT2D eigenvalue weighted by atomic mass is 16.4. The maximum absolute atomic E-state index is 10.7. The Kier molecular flexibility index (Phi) is 2.16. The zero-order chi connectivity index (χ0) is 12.9. The molecule has 0 aliphatic carbocycles. The maximum atomic E-state index is 10.7. The number of aliphatic carboxylic acids is 1. The van der Waals surface area contributed by atoms with Crippen LogP contribution in [0, 0.1) is 13.8 Å². The minimum absolute atomic E-state index is 0.0182. The summed E-state index contributed by atoms with van der Waals surface area (Å²) in [7, 11) is 0. The van der Waals surface area contributed by atoms with Crippen LogP contribution in [0.3, 0.4) is 0 Å². The Morgan fingerprint density at radius 3 is 2.83 bits per heavy atom. The second kappa shape index (κ2) is 3.60. The predicted octanol–water partition coefficient (Wildman–Crippen LogP) is 2.06. The van der Waals surface area contributed by atoms with Crippen LogP contribution in [0.25, 0.3) is 16.8 Å². The fraction of sp³-hybridized carbons (Fsp3) is 0.231. The molecule has 92 valence electrons. The van der Waals surface area contributed by atoms with Crippen LogP contribution in [-0.4, -0.2) is 25.4 Å². The highest BCUT2D eigenvalue weighted by Crippen LogP contribution is 2.21. The van der Waals surface area contributed by atoms with Crippen molar-refractivity contribution in [3.05, 3.63) is 35.2 Å². The number of nitrogens with one attached hydrogen (secondary N) is 1. The molecule has 5 nitrogen and oxygen atoms in total. The number of carboxylic acid groups (broad SMARTS) is 1. The van der Waals surface area contributed by atoms with E-state index in [1.54, 1.807) is 6.20 Å². The van der Waals surface area contributed by atoms with Gasteiger partial charge >= 0.3 is 5.97 Å². The Morgan fingerprint density at radius 2 is 2.11 bits per heavy atom. The van der Waals surface area contributed by atoms with Crippen LogP contribution >= 0.6 is 0 Å². The van der Waals surface area contributed by atoms with Crippen LogP contribution < -0.4 is 0 Å². The Morgan fingerprint density at radius 1 is 1.39 bits per heavy atom. The fourth-order valence-electron chi connectivity index (χ4n) is 2.15. The molecule has 18 heavy (non-hydrogen) atoms. The zero-order valence-corrected chi connectivity index (χ0v) is 10.2. The minimum Gasteiger partial charge on any atom is -0.481 e. The topological polar surface area (TPSA) is 70.4 Å². The molecular weight excluding hydrogens is 230 g/mol. The first kappa shape index (κ1) is 10.8. The average Bonchev–Trinajstić information content (AvgIpc) is 2.76. The summed E-state index contributed by atoms with van der Waals surface area (Å²) >= 11 is 0. The molecule has 0 radical (unpaired) electrons. The Hall–Kier alpha value is -2.30. The number of hydrogen-bond donors (Lipinski definition) is 2. The largest absolute Gasteiger partial charge is 0.481 e. The summed E-state index contributed by atoms with van der Waals surface area (Å²) in [4.78, 5) is 18.2. The molecular formula is C13H13N3O2. The summed E-state index contributed by atoms with van der Waals surface area (Å²) in [6, 6.07) is 4.12. The van der Waals surface area contributed by atoms with Crippen LogP contribution in [0.1, 0.15) is 16.8 Å². The van der Waals surface area contributed by atoms with Crippen LogP contribution in [0.15, 0.2) is 18.3 Å². The van der Waals surface area contributed by atoms with Gasteiger partial charge in [0.25, 0.3) is 0 Å². The van der Waals surface area contributed by atoms with Crippen molar-refractivity contribution in [3.63, 3.8) is 0 Å². The third-order valence-corrected chi connectivity index (χ3v) is 3.20. The van der Waals surface area contributed by atoms with Gasteiger partial charge in [-0.1, -0.05) is 0 Å². The van der Waals surface area contributed by atoms with E-state index in [0.29, 0.717) is 11.5 Å². The van der Waals surface area contributed by atoms with Gasteiger partial charge in [0.15, 0.2) is 0 Å². The van der Waals surface area contributed by atoms with Crippen molar-refractivity contribution < 1.29 is 9.90 Å². The van der Waals surface area contributed by atoms with Crippen molar-refractivity contribution in [1.82, 2.24) is 14.4 Å². The molecule has 0 bridgehead atoms. The monoisotopic (exact) mass is 243 g/mol. The van der Waals surface area contributed by atoms with Gasteiger partial charge in [0.2, 0.25) is 5.78 Å². The molecule has 2 heterocycles. The maximum Gasteiger partial charge on any atom is 0.309 e. The predicted molar refractivity (Wildman–Crippen MR) is 67.9 cm³/mol. The molecule has 0 unspecified atom stereocenters. The molecule has 0 fully saturated rings. The Balaban J connectivity index is 2.24. The van der Waals surface area contributed by atoms with Crippen LogP contribution in [0.4, 0.5) is 0 Å². The van der Waals surface area contributed by atoms with Gasteiger partial charge in [-0.2, -0.15) is 0 Å². The number of aromatic nitrogens is 3. The van der Waals surface area contributed by atoms with Gasteiger partial charge in [-0.05, 0) is 37.1 Å². The lowest BCUT2D eigenvalue weighted by molar-refractivity contribution is -0.136. The molecule has 3 rings (SSSR count). The minimum atomic E-state index is -0.851. The molecule has 0 saturated heterocycles. The molecule has 0 aliphatic rings. The number of benzene rings is 1. The number of nitrogens with zero attached hydrogens (tertiary/aromatic N) is 2. The van der Waals surface area contributed by atoms with E-state index >= 15 is 0 Å². The fourth-order valence-corrected chi connectivity index (χ4v) is 2.15. The van der Waals surface area contributed by atoms with Gasteiger partial charge in [-0.15, -0.1) is 0 Å². The van der Waals surface area contributed by atoms with E-state index in [1.807, 2.05) is 10.5 Å². The first-order valence-corrected chi connectivity index (χ1v) is 5.73. The van der Waals surface area contributed by atoms with Gasteiger partial charge in [0.1, 0.15) is 0 Å². The third kappa shape index (κ3) is 1.55. The smallest absolute Gasteiger partial charge is 0.309 e. The second-order valence-corrected chi connectivity index (χ2v) is 4.58. The second-order valence-electron chi connectivity index (χ2n) is 4.58. The van der Waals surface area contributed by atoms with Gasteiger partial charge in [0.05, 0.1) is 17.5 Å². The normalized spacial score (nSPS) is 11.4. The lowest BCUT2D eigenvalue weighted by Gasteiger charge is -1.99. The number of carboxylic acids is 1. The summed E-state index contributed by atoms with van der Waals surface area (Å²) in [6.45, 7) is 4.11. The van der Waals surface area contributed by atoms with Crippen LogP contribution in [0.2, 0.25) is 0 Å². The molecule has 1 aromatic carbocycles. The number of hydrogen-bond acceptors (Lipinski definition) is 2. The van der Waals surface area contributed by atoms with Crippen molar-refractivity contribution in [2.45, 2.75) is 20.3 Å². The van der Waals surface area contributed by atoms with E-state index in [0.717, 1.165) is 11.0 Å². The standard InChI is InChI=1S/C13H13N3O2/c1-7-3-10-11(4-8(7)2)16-6-9(5-12(17)18)14-13(16)15-10/h3-4,6H,5H2,1-2H3,(H,14,15)(H,17,18). The lowest BCUT2D eigenvalue weighted by atomic mass is 10.1. The third-order valence-electron chi connectivity index (χ3n) is 3.20. The molecule has 5 heteroatoms. The van der Waals surface area contributed by atoms with E-state index in [2.05, 4.69) is 29.9 Å². The highest BCUT2D eigenvalue weighted by Gasteiger charge is 2.10. The van der Waals surface area contributed by atoms with E-state index in [4.69, 9.17) is 5.11 Å².